The van der Waals surface area contributed by atoms with E-state index >= 15 is 0 Å². The molecule has 3 rings (SSSR count). The number of phenols is 1. The van der Waals surface area contributed by atoms with E-state index in [9.17, 15) is 14.7 Å². The fourth-order valence-corrected chi connectivity index (χ4v) is 3.02. The molecule has 1 saturated heterocycles. The third-order valence-corrected chi connectivity index (χ3v) is 4.27. The van der Waals surface area contributed by atoms with Gasteiger partial charge < -0.3 is 15.3 Å². The van der Waals surface area contributed by atoms with Crippen molar-refractivity contribution in [3.8, 4) is 5.75 Å². The van der Waals surface area contributed by atoms with Gasteiger partial charge in [0, 0.05) is 19.0 Å². The molecule has 0 bridgehead atoms. The Morgan fingerprint density at radius 3 is 2.90 bits per heavy atom. The molecule has 2 fully saturated rings. The number of aromatic hydroxyl groups is 1. The van der Waals surface area contributed by atoms with E-state index in [4.69, 9.17) is 0 Å². The first-order chi connectivity index (χ1) is 10.0. The zero-order chi connectivity index (χ0) is 15.0. The second-order valence-electron chi connectivity index (χ2n) is 6.14. The largest absolute Gasteiger partial charge is 0.508 e. The Labute approximate surface area is 123 Å². The van der Waals surface area contributed by atoms with Crippen molar-refractivity contribution in [3.05, 3.63) is 29.8 Å². The SMILES string of the molecule is CC1CC1N1CC(NC(=O)Cc2cccc(O)c2)CC1=O. The molecule has 2 amide bonds. The summed E-state index contributed by atoms with van der Waals surface area (Å²) in [6.45, 7) is 2.77. The molecular weight excluding hydrogens is 268 g/mol. The van der Waals surface area contributed by atoms with E-state index in [1.165, 1.54) is 0 Å². The lowest BCUT2D eigenvalue weighted by molar-refractivity contribution is -0.128. The molecule has 1 heterocycles. The van der Waals surface area contributed by atoms with E-state index in [-0.39, 0.29) is 30.0 Å². The van der Waals surface area contributed by atoms with Gasteiger partial charge in [0.25, 0.3) is 0 Å². The Morgan fingerprint density at radius 2 is 2.24 bits per heavy atom. The number of rotatable bonds is 4. The number of nitrogens with zero attached hydrogens (tertiary/aromatic N) is 1. The molecule has 0 aromatic heterocycles. The van der Waals surface area contributed by atoms with Crippen LogP contribution in [0.3, 0.4) is 0 Å². The summed E-state index contributed by atoms with van der Waals surface area (Å²) in [6, 6.07) is 6.97. The molecule has 1 aromatic rings. The minimum absolute atomic E-state index is 0.0879. The van der Waals surface area contributed by atoms with Gasteiger partial charge in [0.1, 0.15) is 5.75 Å². The minimum atomic E-state index is -0.107. The molecule has 21 heavy (non-hydrogen) atoms. The van der Waals surface area contributed by atoms with Crippen molar-refractivity contribution in [2.45, 2.75) is 38.3 Å². The van der Waals surface area contributed by atoms with Crippen molar-refractivity contribution in [1.29, 1.82) is 0 Å². The van der Waals surface area contributed by atoms with Crippen molar-refractivity contribution in [3.63, 3.8) is 0 Å². The van der Waals surface area contributed by atoms with E-state index in [1.54, 1.807) is 24.3 Å². The molecule has 1 aliphatic heterocycles. The first kappa shape index (κ1) is 13.9. The van der Waals surface area contributed by atoms with E-state index in [0.717, 1.165) is 12.0 Å². The summed E-state index contributed by atoms with van der Waals surface area (Å²) in [5.74, 6) is 0.789. The first-order valence-corrected chi connectivity index (χ1v) is 7.39. The third-order valence-electron chi connectivity index (χ3n) is 4.27. The smallest absolute Gasteiger partial charge is 0.225 e. The number of nitrogens with one attached hydrogen (secondary N) is 1. The normalized spacial score (nSPS) is 27.8. The van der Waals surface area contributed by atoms with E-state index in [0.29, 0.717) is 24.9 Å². The Hall–Kier alpha value is -2.04. The highest BCUT2D eigenvalue weighted by atomic mass is 16.3. The zero-order valence-electron chi connectivity index (χ0n) is 12.1. The Bertz CT molecular complexity index is 572. The van der Waals surface area contributed by atoms with Gasteiger partial charge in [0.15, 0.2) is 0 Å². The van der Waals surface area contributed by atoms with Gasteiger partial charge in [0.2, 0.25) is 11.8 Å². The van der Waals surface area contributed by atoms with Crippen LogP contribution in [0.1, 0.15) is 25.3 Å². The standard InChI is InChI=1S/C16H20N2O3/c1-10-5-14(10)18-9-12(8-16(18)21)17-15(20)7-11-3-2-4-13(19)6-11/h2-4,6,10,12,14,19H,5,7-9H2,1H3,(H,17,20). The predicted octanol–water partition coefficient (Wildman–Crippen LogP) is 1.06. The number of carbonyl (C=O) groups excluding carboxylic acids is 2. The van der Waals surface area contributed by atoms with Gasteiger partial charge in [-0.05, 0) is 30.0 Å². The number of phenolic OH excluding ortho intramolecular Hbond substituents is 1. The van der Waals surface area contributed by atoms with Crippen LogP contribution in [0.15, 0.2) is 24.3 Å². The molecule has 2 N–H and O–H groups in total. The maximum Gasteiger partial charge on any atom is 0.225 e. The van der Waals surface area contributed by atoms with Crippen LogP contribution in [0.25, 0.3) is 0 Å². The molecule has 1 aliphatic carbocycles. The molecule has 112 valence electrons. The van der Waals surface area contributed by atoms with Gasteiger partial charge in [-0.2, -0.15) is 0 Å². The van der Waals surface area contributed by atoms with Crippen LogP contribution in [0.4, 0.5) is 0 Å². The summed E-state index contributed by atoms with van der Waals surface area (Å²) >= 11 is 0. The monoisotopic (exact) mass is 288 g/mol. The minimum Gasteiger partial charge on any atom is -0.508 e. The topological polar surface area (TPSA) is 69.6 Å². The van der Waals surface area contributed by atoms with Crippen LogP contribution < -0.4 is 5.32 Å². The van der Waals surface area contributed by atoms with E-state index < -0.39 is 0 Å². The molecule has 0 spiro atoms. The number of likely N-dealkylation sites (tertiary alicyclic amines) is 1. The molecule has 1 saturated carbocycles. The number of hydrogen-bond acceptors (Lipinski definition) is 3. The maximum atomic E-state index is 12.0. The van der Waals surface area contributed by atoms with E-state index in [1.807, 2.05) is 4.90 Å². The molecular formula is C16H20N2O3. The molecule has 1 aromatic carbocycles. The molecule has 3 atom stereocenters. The summed E-state index contributed by atoms with van der Waals surface area (Å²) in [5, 5.41) is 12.3. The molecule has 5 nitrogen and oxygen atoms in total. The number of hydrogen-bond donors (Lipinski definition) is 2. The zero-order valence-corrected chi connectivity index (χ0v) is 12.1. The fraction of sp³-hybridized carbons (Fsp3) is 0.500. The van der Waals surface area contributed by atoms with Gasteiger partial charge in [-0.3, -0.25) is 9.59 Å². The van der Waals surface area contributed by atoms with Crippen LogP contribution in [-0.4, -0.2) is 40.4 Å². The van der Waals surface area contributed by atoms with Crippen molar-refractivity contribution in [2.24, 2.45) is 5.92 Å². The molecule has 3 unspecified atom stereocenters. The summed E-state index contributed by atoms with van der Waals surface area (Å²) in [7, 11) is 0. The van der Waals surface area contributed by atoms with Gasteiger partial charge >= 0.3 is 0 Å². The maximum absolute atomic E-state index is 12.0. The van der Waals surface area contributed by atoms with Crippen molar-refractivity contribution in [2.75, 3.05) is 6.54 Å². The number of benzene rings is 1. The Morgan fingerprint density at radius 1 is 1.48 bits per heavy atom. The average molecular weight is 288 g/mol. The summed E-state index contributed by atoms with van der Waals surface area (Å²) in [6.07, 6.45) is 1.70. The summed E-state index contributed by atoms with van der Waals surface area (Å²) < 4.78 is 0. The average Bonchev–Trinajstić information content (AvgIpc) is 3.01. The van der Waals surface area contributed by atoms with Crippen molar-refractivity contribution >= 4 is 11.8 Å². The summed E-state index contributed by atoms with van der Waals surface area (Å²) in [5.41, 5.74) is 0.768. The van der Waals surface area contributed by atoms with Crippen molar-refractivity contribution in [1.82, 2.24) is 10.2 Å². The molecule has 0 radical (unpaired) electrons. The van der Waals surface area contributed by atoms with Crippen LogP contribution in [0.2, 0.25) is 0 Å². The predicted molar refractivity (Wildman–Crippen MR) is 77.6 cm³/mol. The van der Waals surface area contributed by atoms with Gasteiger partial charge in [-0.25, -0.2) is 0 Å². The first-order valence-electron chi connectivity index (χ1n) is 7.39. The van der Waals surface area contributed by atoms with Crippen LogP contribution in [0, 0.1) is 5.92 Å². The summed E-state index contributed by atoms with van der Waals surface area (Å²) in [4.78, 5) is 25.9. The van der Waals surface area contributed by atoms with Gasteiger partial charge in [-0.15, -0.1) is 0 Å². The third kappa shape index (κ3) is 3.17. The lowest BCUT2D eigenvalue weighted by atomic mass is 10.1. The Kier molecular flexibility index (Phi) is 3.57. The van der Waals surface area contributed by atoms with Crippen LogP contribution in [0.5, 0.6) is 5.75 Å². The van der Waals surface area contributed by atoms with Crippen molar-refractivity contribution < 1.29 is 14.7 Å². The second-order valence-corrected chi connectivity index (χ2v) is 6.14. The lowest BCUT2D eigenvalue weighted by Gasteiger charge is -2.17. The lowest BCUT2D eigenvalue weighted by Crippen LogP contribution is -2.38. The number of carbonyl (C=O) groups is 2. The van der Waals surface area contributed by atoms with Crippen LogP contribution in [-0.2, 0) is 16.0 Å². The second kappa shape index (κ2) is 5.39. The van der Waals surface area contributed by atoms with Gasteiger partial charge in [0.05, 0.1) is 12.5 Å². The highest BCUT2D eigenvalue weighted by molar-refractivity contribution is 5.83. The number of amides is 2. The van der Waals surface area contributed by atoms with E-state index in [2.05, 4.69) is 12.2 Å². The quantitative estimate of drug-likeness (QED) is 0.870. The Balaban J connectivity index is 1.52. The highest BCUT2D eigenvalue weighted by Gasteiger charge is 2.44. The fourth-order valence-electron chi connectivity index (χ4n) is 3.02. The van der Waals surface area contributed by atoms with Crippen LogP contribution >= 0.6 is 0 Å². The highest BCUT2D eigenvalue weighted by Crippen LogP contribution is 2.37. The molecule has 2 aliphatic rings. The molecule has 5 heteroatoms. The van der Waals surface area contributed by atoms with Gasteiger partial charge in [-0.1, -0.05) is 19.1 Å².